The molecule has 0 spiro atoms. The lowest BCUT2D eigenvalue weighted by atomic mass is 10.1. The number of carboxylic acid groups (broad SMARTS) is 1. The van der Waals surface area contributed by atoms with Crippen molar-refractivity contribution in [3.63, 3.8) is 0 Å². The molecule has 2 N–H and O–H groups in total. The van der Waals surface area contributed by atoms with Crippen molar-refractivity contribution in [1.29, 1.82) is 0 Å². The van der Waals surface area contributed by atoms with Gasteiger partial charge in [-0.25, -0.2) is 4.79 Å². The van der Waals surface area contributed by atoms with E-state index < -0.39 is 17.4 Å². The molecule has 1 aromatic rings. The molecule has 2 fully saturated rings. The average molecular weight is 308 g/mol. The van der Waals surface area contributed by atoms with E-state index in [2.05, 4.69) is 5.32 Å². The van der Waals surface area contributed by atoms with Crippen LogP contribution in [0.1, 0.15) is 13.3 Å². The third-order valence-electron chi connectivity index (χ3n) is 3.10. The van der Waals surface area contributed by atoms with E-state index >= 15 is 0 Å². The molecule has 2 amide bonds. The van der Waals surface area contributed by atoms with Gasteiger partial charge in [0.05, 0.1) is 11.8 Å². The van der Waals surface area contributed by atoms with Gasteiger partial charge in [0.2, 0.25) is 11.8 Å². The topological polar surface area (TPSA) is 86.7 Å². The molecule has 0 aromatic heterocycles. The van der Waals surface area contributed by atoms with Crippen LogP contribution in [0.5, 0.6) is 0 Å². The lowest BCUT2D eigenvalue weighted by Gasteiger charge is -2.35. The van der Waals surface area contributed by atoms with Gasteiger partial charge in [-0.3, -0.25) is 9.59 Å². The zero-order valence-electron chi connectivity index (χ0n) is 11.4. The molecule has 2 heterocycles. The van der Waals surface area contributed by atoms with Crippen LogP contribution in [-0.2, 0) is 14.4 Å². The van der Waals surface area contributed by atoms with Crippen LogP contribution in [0.15, 0.2) is 36.4 Å². The Kier molecular flexibility index (Phi) is 4.85. The minimum Gasteiger partial charge on any atom is -0.480 e. The van der Waals surface area contributed by atoms with Crippen LogP contribution in [0.2, 0.25) is 0 Å². The lowest BCUT2D eigenvalue weighted by Crippen LogP contribution is -2.57. The van der Waals surface area contributed by atoms with Crippen molar-refractivity contribution in [3.8, 4) is 0 Å². The summed E-state index contributed by atoms with van der Waals surface area (Å²) >= 11 is 1.32. The van der Waals surface area contributed by atoms with E-state index in [-0.39, 0.29) is 17.2 Å². The molecule has 0 saturated carbocycles. The zero-order chi connectivity index (χ0) is 15.4. The minimum atomic E-state index is -1.07. The number of β-lactam (4-membered cyclic amide) rings is 1. The Hall–Kier alpha value is -2.02. The standard InChI is InChI=1S/C8H10N2O4S.C6H6/c1-3(11)9-7-6(8(13)14)10-4(12)2-5(10)15-7;1-2-4-6-5-3-1/h5-7H,2H2,1H3,(H,9,11)(H,13,14);1-6H/t5-,6?,7?;/m1./s1. The first kappa shape index (κ1) is 15.4. The summed E-state index contributed by atoms with van der Waals surface area (Å²) in [5.41, 5.74) is 0. The Morgan fingerprint density at radius 3 is 2.14 bits per heavy atom. The molecule has 3 rings (SSSR count). The van der Waals surface area contributed by atoms with Crippen LogP contribution in [0.25, 0.3) is 0 Å². The van der Waals surface area contributed by atoms with Gasteiger partial charge in [0.25, 0.3) is 0 Å². The molecule has 2 aliphatic heterocycles. The van der Waals surface area contributed by atoms with Crippen molar-refractivity contribution < 1.29 is 19.5 Å². The number of carboxylic acids is 1. The zero-order valence-corrected chi connectivity index (χ0v) is 12.2. The van der Waals surface area contributed by atoms with E-state index in [0.29, 0.717) is 6.42 Å². The van der Waals surface area contributed by atoms with Gasteiger partial charge in [-0.1, -0.05) is 36.4 Å². The average Bonchev–Trinajstić information content (AvgIpc) is 2.73. The van der Waals surface area contributed by atoms with E-state index in [9.17, 15) is 14.4 Å². The number of thioether (sulfide) groups is 1. The summed E-state index contributed by atoms with van der Waals surface area (Å²) in [5, 5.41) is 10.9. The van der Waals surface area contributed by atoms with Crippen LogP contribution in [0, 0.1) is 0 Å². The van der Waals surface area contributed by atoms with E-state index in [0.717, 1.165) is 0 Å². The monoisotopic (exact) mass is 308 g/mol. The quantitative estimate of drug-likeness (QED) is 0.793. The number of benzene rings is 1. The summed E-state index contributed by atoms with van der Waals surface area (Å²) < 4.78 is 0. The van der Waals surface area contributed by atoms with Gasteiger partial charge in [0.15, 0.2) is 6.04 Å². The third kappa shape index (κ3) is 3.55. The Morgan fingerprint density at radius 2 is 1.76 bits per heavy atom. The lowest BCUT2D eigenvalue weighted by molar-refractivity contribution is -0.156. The normalized spacial score (nSPS) is 26.0. The second-order valence-electron chi connectivity index (χ2n) is 4.65. The first-order valence-electron chi connectivity index (χ1n) is 6.47. The maximum Gasteiger partial charge on any atom is 0.329 e. The molecule has 1 aromatic carbocycles. The van der Waals surface area contributed by atoms with Gasteiger partial charge in [-0.2, -0.15) is 0 Å². The fourth-order valence-corrected chi connectivity index (χ4v) is 3.77. The molecule has 2 unspecified atom stereocenters. The van der Waals surface area contributed by atoms with Gasteiger partial charge in [0, 0.05) is 6.92 Å². The molecule has 21 heavy (non-hydrogen) atoms. The number of nitrogens with zero attached hydrogens (tertiary/aromatic N) is 1. The van der Waals surface area contributed by atoms with Crippen LogP contribution in [-0.4, -0.2) is 44.6 Å². The number of rotatable bonds is 2. The van der Waals surface area contributed by atoms with Crippen molar-refractivity contribution in [1.82, 2.24) is 10.2 Å². The van der Waals surface area contributed by atoms with Crippen molar-refractivity contribution in [2.45, 2.75) is 30.1 Å². The van der Waals surface area contributed by atoms with E-state index in [1.807, 2.05) is 36.4 Å². The van der Waals surface area contributed by atoms with Gasteiger partial charge in [-0.15, -0.1) is 11.8 Å². The highest BCUT2D eigenvalue weighted by Gasteiger charge is 2.55. The van der Waals surface area contributed by atoms with Crippen molar-refractivity contribution in [2.75, 3.05) is 0 Å². The van der Waals surface area contributed by atoms with Gasteiger partial charge >= 0.3 is 5.97 Å². The molecule has 2 saturated heterocycles. The highest BCUT2D eigenvalue weighted by molar-refractivity contribution is 8.00. The molecule has 112 valence electrons. The van der Waals surface area contributed by atoms with Crippen LogP contribution < -0.4 is 5.32 Å². The molecular formula is C14H16N2O4S. The van der Waals surface area contributed by atoms with Gasteiger partial charge in [-0.05, 0) is 0 Å². The van der Waals surface area contributed by atoms with E-state index in [1.54, 1.807) is 0 Å². The first-order chi connectivity index (χ1) is 10.0. The first-order valence-corrected chi connectivity index (χ1v) is 7.41. The number of amides is 2. The highest BCUT2D eigenvalue weighted by atomic mass is 32.2. The van der Waals surface area contributed by atoms with Crippen molar-refractivity contribution in [3.05, 3.63) is 36.4 Å². The maximum atomic E-state index is 11.2. The Balaban J connectivity index is 0.000000225. The summed E-state index contributed by atoms with van der Waals surface area (Å²) in [6.45, 7) is 1.33. The third-order valence-corrected chi connectivity index (χ3v) is 4.48. The van der Waals surface area contributed by atoms with Crippen LogP contribution in [0.4, 0.5) is 0 Å². The van der Waals surface area contributed by atoms with Gasteiger partial charge in [0.1, 0.15) is 5.37 Å². The van der Waals surface area contributed by atoms with Crippen LogP contribution >= 0.6 is 11.8 Å². The predicted molar refractivity (Wildman–Crippen MR) is 78.3 cm³/mol. The van der Waals surface area contributed by atoms with E-state index in [4.69, 9.17) is 5.11 Å². The maximum absolute atomic E-state index is 11.2. The summed E-state index contributed by atoms with van der Waals surface area (Å²) in [5.74, 6) is -1.52. The molecule has 7 heteroatoms. The second kappa shape index (κ2) is 6.62. The Bertz CT molecular complexity index is 510. The Labute approximate surface area is 126 Å². The summed E-state index contributed by atoms with van der Waals surface area (Å²) in [7, 11) is 0. The molecule has 0 bridgehead atoms. The number of nitrogens with one attached hydrogen (secondary N) is 1. The number of aliphatic carboxylic acids is 1. The second-order valence-corrected chi connectivity index (χ2v) is 5.98. The summed E-state index contributed by atoms with van der Waals surface area (Å²) in [6, 6.07) is 11.1. The molecule has 0 aliphatic carbocycles. The predicted octanol–water partition coefficient (Wildman–Crippen LogP) is 0.894. The van der Waals surface area contributed by atoms with Crippen molar-refractivity contribution in [2.24, 2.45) is 0 Å². The molecule has 0 radical (unpaired) electrons. The summed E-state index contributed by atoms with van der Waals surface area (Å²) in [6.07, 6.45) is 0.366. The minimum absolute atomic E-state index is 0.0875. The highest BCUT2D eigenvalue weighted by Crippen LogP contribution is 2.43. The fourth-order valence-electron chi connectivity index (χ4n) is 2.19. The van der Waals surface area contributed by atoms with E-state index in [1.165, 1.54) is 23.6 Å². The smallest absolute Gasteiger partial charge is 0.329 e. The number of hydrogen-bond acceptors (Lipinski definition) is 4. The fraction of sp³-hybridized carbons (Fsp3) is 0.357. The Morgan fingerprint density at radius 1 is 1.24 bits per heavy atom. The molecule has 2 aliphatic rings. The number of carbonyl (C=O) groups excluding carboxylic acids is 2. The molecule has 6 nitrogen and oxygen atoms in total. The van der Waals surface area contributed by atoms with Crippen molar-refractivity contribution >= 4 is 29.5 Å². The number of hydrogen-bond donors (Lipinski definition) is 2. The molecule has 3 atom stereocenters. The molecular weight excluding hydrogens is 292 g/mol. The number of carbonyl (C=O) groups is 3. The number of fused-ring (bicyclic) bond motifs is 1. The summed E-state index contributed by atoms with van der Waals surface area (Å²) in [4.78, 5) is 34.4. The van der Waals surface area contributed by atoms with Gasteiger partial charge < -0.3 is 15.3 Å². The largest absolute Gasteiger partial charge is 0.480 e. The van der Waals surface area contributed by atoms with Crippen LogP contribution in [0.3, 0.4) is 0 Å². The SMILES string of the molecule is CC(=O)NC1S[C@@H]2CC(=O)N2C1C(=O)O.c1ccccc1.